The summed E-state index contributed by atoms with van der Waals surface area (Å²) < 4.78 is 22.6. The molecule has 0 saturated carbocycles. The van der Waals surface area contributed by atoms with Crippen molar-refractivity contribution in [3.05, 3.63) is 49.9 Å². The molecule has 2 aromatic heterocycles. The number of carbonyl (C=O) groups is 1. The number of esters is 1. The van der Waals surface area contributed by atoms with E-state index in [4.69, 9.17) is 35.9 Å². The van der Waals surface area contributed by atoms with E-state index in [-0.39, 0.29) is 22.6 Å². The number of nitrogen functional groups attached to an aromatic ring is 1. The number of hydrogen-bond acceptors (Lipinski definition) is 13. The molecule has 1 aliphatic rings. The Balaban J connectivity index is 1.56. The third-order valence-electron chi connectivity index (χ3n) is 6.06. The predicted octanol–water partition coefficient (Wildman–Crippen LogP) is 2.47. The number of nitrogens with one attached hydrogen (secondary N) is 2. The molecule has 0 spiro atoms. The highest BCUT2D eigenvalue weighted by Gasteiger charge is 2.56. The van der Waals surface area contributed by atoms with Crippen LogP contribution in [0.15, 0.2) is 34.4 Å². The van der Waals surface area contributed by atoms with Crippen molar-refractivity contribution >= 4 is 53.9 Å². The zero-order valence-corrected chi connectivity index (χ0v) is 24.5. The molecule has 1 aromatic carbocycles. The maximum atomic E-state index is 12.4. The van der Waals surface area contributed by atoms with Crippen LogP contribution in [0.25, 0.3) is 10.9 Å². The number of H-pyrrole nitrogens is 1. The highest BCUT2D eigenvalue weighted by Crippen LogP contribution is 2.54. The number of thiophene rings is 1. The molecule has 218 valence electrons. The first kappa shape index (κ1) is 30.6. The van der Waals surface area contributed by atoms with E-state index in [2.05, 4.69) is 15.1 Å². The number of anilines is 1. The van der Waals surface area contributed by atoms with Crippen molar-refractivity contribution in [3.63, 3.8) is 0 Å². The summed E-state index contributed by atoms with van der Waals surface area (Å²) in [6.07, 6.45) is -4.14. The van der Waals surface area contributed by atoms with Gasteiger partial charge >= 0.3 is 14.1 Å². The first-order chi connectivity index (χ1) is 18.7. The molecule has 0 radical (unpaired) electrons. The number of aromatic nitrogens is 2. The Labute approximate surface area is 238 Å². The van der Waals surface area contributed by atoms with Crippen LogP contribution < -0.4 is 20.9 Å². The topological polar surface area (TPSA) is 198 Å². The maximum absolute atomic E-state index is 12.4. The molecule has 7 N–H and O–H groups in total. The molecule has 13 nitrogen and oxygen atoms in total. The van der Waals surface area contributed by atoms with Crippen LogP contribution >= 0.6 is 31.0 Å². The molecule has 40 heavy (non-hydrogen) atoms. The lowest BCUT2D eigenvalue weighted by atomic mass is 9.92. The highest BCUT2D eigenvalue weighted by atomic mass is 35.5. The van der Waals surface area contributed by atoms with Gasteiger partial charge in [-0.1, -0.05) is 16.7 Å². The van der Waals surface area contributed by atoms with Crippen LogP contribution in [0.2, 0.25) is 5.02 Å². The number of aliphatic hydroxyl groups is 2. The minimum Gasteiger partial charge on any atom is -0.462 e. The van der Waals surface area contributed by atoms with Gasteiger partial charge in [-0.3, -0.25) is 19.1 Å². The van der Waals surface area contributed by atoms with Crippen LogP contribution in [0.3, 0.4) is 0 Å². The minimum atomic E-state index is -4.05. The zero-order valence-electron chi connectivity index (χ0n) is 22.0. The second-order valence-corrected chi connectivity index (χ2v) is 12.8. The molecular weight excluding hydrogens is 587 g/mol. The average molecular weight is 618 g/mol. The molecule has 1 saturated heterocycles. The molecule has 4 rings (SSSR count). The van der Waals surface area contributed by atoms with Crippen LogP contribution in [0, 0.1) is 0 Å². The van der Waals surface area contributed by atoms with Crippen LogP contribution in [0.4, 0.5) is 5.95 Å². The summed E-state index contributed by atoms with van der Waals surface area (Å²) in [5.41, 5.74) is 3.66. The number of aromatic amines is 1. The van der Waals surface area contributed by atoms with E-state index in [1.165, 1.54) is 26.0 Å². The van der Waals surface area contributed by atoms with Crippen molar-refractivity contribution in [2.45, 2.75) is 63.8 Å². The van der Waals surface area contributed by atoms with E-state index >= 15 is 0 Å². The monoisotopic (exact) mass is 617 g/mol. The molecule has 1 unspecified atom stereocenters. The Bertz CT molecular complexity index is 1420. The number of ether oxygens (including phenoxy) is 2. The van der Waals surface area contributed by atoms with Gasteiger partial charge in [0.15, 0.2) is 5.75 Å². The first-order valence-electron chi connectivity index (χ1n) is 12.2. The summed E-state index contributed by atoms with van der Waals surface area (Å²) in [7, 11) is -4.05. The van der Waals surface area contributed by atoms with Crippen LogP contribution in [0.1, 0.15) is 38.7 Å². The van der Waals surface area contributed by atoms with Gasteiger partial charge in [0.05, 0.1) is 21.9 Å². The number of halogens is 1. The zero-order chi connectivity index (χ0) is 29.4. The number of rotatable bonds is 10. The predicted molar refractivity (Wildman–Crippen MR) is 150 cm³/mol. The average Bonchev–Trinajstić information content (AvgIpc) is 3.37. The van der Waals surface area contributed by atoms with Gasteiger partial charge < -0.3 is 25.4 Å². The number of nitrogens with two attached hydrogens (primary N) is 1. The Hall–Kier alpha value is -2.39. The molecule has 0 bridgehead atoms. The lowest BCUT2D eigenvalue weighted by molar-refractivity contribution is -0.149. The minimum absolute atomic E-state index is 0.111. The van der Waals surface area contributed by atoms with Gasteiger partial charge in [-0.25, -0.2) is 4.98 Å². The van der Waals surface area contributed by atoms with Crippen molar-refractivity contribution in [1.82, 2.24) is 15.1 Å². The molecule has 3 aromatic rings. The number of fused-ring (bicyclic) bond motifs is 1. The largest absolute Gasteiger partial charge is 0.544 e. The third kappa shape index (κ3) is 6.56. The maximum Gasteiger partial charge on any atom is 0.544 e. The number of benzene rings is 1. The summed E-state index contributed by atoms with van der Waals surface area (Å²) in [4.78, 5) is 43.0. The fourth-order valence-corrected chi connectivity index (χ4v) is 6.88. The van der Waals surface area contributed by atoms with E-state index in [0.29, 0.717) is 9.90 Å². The smallest absolute Gasteiger partial charge is 0.462 e. The van der Waals surface area contributed by atoms with E-state index in [9.17, 15) is 24.7 Å². The Kier molecular flexibility index (Phi) is 9.05. The SMILES string of the molecule is CC(C)OC(=O)[C@H](C)N[P+](O)(OC[C@H]1O[C@@H](c2scc3c(=O)[nH]c(N)nc23)[C@](C)(O)[C@@H]1O)Oc1ccc(Cl)cc1. The van der Waals surface area contributed by atoms with Crippen LogP contribution in [-0.4, -0.2) is 67.6 Å². The quantitative estimate of drug-likeness (QED) is 0.144. The van der Waals surface area contributed by atoms with Gasteiger partial charge in [0.1, 0.15) is 36.6 Å². The van der Waals surface area contributed by atoms with Gasteiger partial charge in [0.2, 0.25) is 5.95 Å². The number of hydrogen-bond donors (Lipinski definition) is 6. The van der Waals surface area contributed by atoms with E-state index in [1.807, 2.05) is 0 Å². The van der Waals surface area contributed by atoms with Gasteiger partial charge in [-0.05, 0) is 52.0 Å². The van der Waals surface area contributed by atoms with Crippen molar-refractivity contribution in [1.29, 1.82) is 0 Å². The standard InChI is InChI=1S/C24H30ClN4O9PS/c1-11(2)36-22(32)12(3)29-39(34,38-14-7-5-13(25)6-8-14)35-9-16-19(30)24(4,33)20(37-16)18-17-15(10-40-18)21(31)28-23(26)27-17/h5-8,10-12,16,19-20,29-30,33-34H,9H2,1-4H3,(H2-,26,27,28,31)/p+1/t12-,16+,19+,20-,24+,39?/m0/s1. The summed E-state index contributed by atoms with van der Waals surface area (Å²) in [6, 6.07) is 5.05. The lowest BCUT2D eigenvalue weighted by Gasteiger charge is -2.26. The second kappa shape index (κ2) is 11.8. The molecule has 6 atom stereocenters. The van der Waals surface area contributed by atoms with Crippen LogP contribution in [0.5, 0.6) is 5.75 Å². The van der Waals surface area contributed by atoms with E-state index in [0.717, 1.165) is 11.3 Å². The molecular formula is C24H31ClN4O9PS+. The molecule has 0 amide bonds. The molecule has 1 aliphatic heterocycles. The van der Waals surface area contributed by atoms with Gasteiger partial charge in [0, 0.05) is 10.4 Å². The second-order valence-electron chi connectivity index (χ2n) is 9.74. The van der Waals surface area contributed by atoms with Gasteiger partial charge in [-0.2, -0.15) is 9.42 Å². The highest BCUT2D eigenvalue weighted by molar-refractivity contribution is 7.59. The van der Waals surface area contributed by atoms with Crippen molar-refractivity contribution < 1.29 is 38.4 Å². The summed E-state index contributed by atoms with van der Waals surface area (Å²) in [5.74, 6) is -0.572. The van der Waals surface area contributed by atoms with Crippen molar-refractivity contribution in [2.75, 3.05) is 12.3 Å². The number of nitrogens with zero attached hydrogens (tertiary/aromatic N) is 1. The Morgan fingerprint density at radius 1 is 1.35 bits per heavy atom. The van der Waals surface area contributed by atoms with Gasteiger partial charge in [-0.15, -0.1) is 11.3 Å². The summed E-state index contributed by atoms with van der Waals surface area (Å²) in [5, 5.41) is 27.1. The van der Waals surface area contributed by atoms with Crippen molar-refractivity contribution in [2.24, 2.45) is 0 Å². The molecule has 16 heteroatoms. The first-order valence-corrected chi connectivity index (χ1v) is 15.1. The third-order valence-corrected chi connectivity index (χ3v) is 9.00. The van der Waals surface area contributed by atoms with Crippen LogP contribution in [-0.2, 0) is 18.8 Å². The molecule has 0 aliphatic carbocycles. The normalized spacial score (nSPS) is 25.2. The fraction of sp³-hybridized carbons (Fsp3) is 0.458. The fourth-order valence-electron chi connectivity index (χ4n) is 4.07. The summed E-state index contributed by atoms with van der Waals surface area (Å²) >= 11 is 7.06. The summed E-state index contributed by atoms with van der Waals surface area (Å²) in [6.45, 7) is 5.76. The van der Waals surface area contributed by atoms with Crippen molar-refractivity contribution in [3.8, 4) is 5.75 Å². The molecule has 1 fully saturated rings. The van der Waals surface area contributed by atoms with Gasteiger partial charge in [0.25, 0.3) is 5.56 Å². The molecule has 3 heterocycles. The Morgan fingerprint density at radius 2 is 2.02 bits per heavy atom. The number of carbonyl (C=O) groups excluding carboxylic acids is 1. The van der Waals surface area contributed by atoms with E-state index in [1.54, 1.807) is 31.4 Å². The Morgan fingerprint density at radius 3 is 2.67 bits per heavy atom. The lowest BCUT2D eigenvalue weighted by Crippen LogP contribution is -2.44. The number of aliphatic hydroxyl groups excluding tert-OH is 1. The van der Waals surface area contributed by atoms with E-state index < -0.39 is 62.3 Å².